The number of amides is 1. The maximum Gasteiger partial charge on any atom is 0.222 e. The molecule has 1 N–H and O–H groups in total. The monoisotopic (exact) mass is 354 g/mol. The van der Waals surface area contributed by atoms with Crippen molar-refractivity contribution in [3.63, 3.8) is 0 Å². The van der Waals surface area contributed by atoms with Gasteiger partial charge in [-0.2, -0.15) is 5.10 Å². The lowest BCUT2D eigenvalue weighted by Crippen LogP contribution is -2.30. The van der Waals surface area contributed by atoms with Crippen LogP contribution in [0.2, 0.25) is 0 Å². The highest BCUT2D eigenvalue weighted by atomic mass is 16.1. The summed E-state index contributed by atoms with van der Waals surface area (Å²) in [6.07, 6.45) is 2.15. The van der Waals surface area contributed by atoms with Crippen LogP contribution in [0.15, 0.2) is 24.4 Å². The van der Waals surface area contributed by atoms with Crippen LogP contribution in [0.5, 0.6) is 0 Å². The van der Waals surface area contributed by atoms with Crippen LogP contribution < -0.4 is 5.32 Å². The Morgan fingerprint density at radius 2 is 2.04 bits per heavy atom. The molecule has 0 aliphatic rings. The number of carbonyl (C=O) groups is 1. The van der Waals surface area contributed by atoms with Crippen LogP contribution in [-0.4, -0.2) is 30.2 Å². The highest BCUT2D eigenvalue weighted by molar-refractivity contribution is 5.76. The molecule has 3 aromatic rings. The molecule has 0 fully saturated rings. The molecule has 0 spiro atoms. The van der Waals surface area contributed by atoms with Crippen molar-refractivity contribution in [2.24, 2.45) is 0 Å². The molecule has 0 aliphatic carbocycles. The predicted octanol–water partition coefficient (Wildman–Crippen LogP) is 3.09. The number of aryl methyl sites for hydroxylation is 3. The van der Waals surface area contributed by atoms with Gasteiger partial charge in [0.05, 0.1) is 11.7 Å². The van der Waals surface area contributed by atoms with Crippen molar-refractivity contribution in [2.45, 2.75) is 59.7 Å². The number of carbonyl (C=O) groups excluding carboxylic acids is 1. The molecular weight excluding hydrogens is 328 g/mol. The summed E-state index contributed by atoms with van der Waals surface area (Å²) in [7, 11) is 0. The van der Waals surface area contributed by atoms with Crippen LogP contribution in [0.25, 0.3) is 11.2 Å². The summed E-state index contributed by atoms with van der Waals surface area (Å²) in [5.41, 5.74) is 3.73. The summed E-state index contributed by atoms with van der Waals surface area (Å²) < 4.78 is 3.95. The van der Waals surface area contributed by atoms with E-state index in [1.165, 1.54) is 0 Å². The highest BCUT2D eigenvalue weighted by Crippen LogP contribution is 2.23. The number of imidazole rings is 1. The summed E-state index contributed by atoms with van der Waals surface area (Å²) in [6, 6.07) is 5.85. The Bertz CT molecular complexity index is 923. The molecule has 1 atom stereocenters. The zero-order valence-corrected chi connectivity index (χ0v) is 16.0. The summed E-state index contributed by atoms with van der Waals surface area (Å²) in [6.45, 7) is 10.7. The van der Waals surface area contributed by atoms with Crippen molar-refractivity contribution in [3.8, 4) is 0 Å². The van der Waals surface area contributed by atoms with Crippen LogP contribution >= 0.6 is 0 Å². The van der Waals surface area contributed by atoms with Gasteiger partial charge >= 0.3 is 0 Å². The number of pyridine rings is 1. The Labute approximate surface area is 153 Å². The molecular formula is C19H26N6O. The molecule has 7 nitrogen and oxygen atoms in total. The summed E-state index contributed by atoms with van der Waals surface area (Å²) >= 11 is 0. The second-order valence-electron chi connectivity index (χ2n) is 6.97. The molecule has 7 heteroatoms. The van der Waals surface area contributed by atoms with Gasteiger partial charge in [0, 0.05) is 30.9 Å². The summed E-state index contributed by atoms with van der Waals surface area (Å²) in [5, 5.41) is 7.46. The normalized spacial score (nSPS) is 12.7. The van der Waals surface area contributed by atoms with E-state index in [1.807, 2.05) is 43.7 Å². The first-order valence-corrected chi connectivity index (χ1v) is 9.00. The minimum atomic E-state index is -0.195. The fourth-order valence-corrected chi connectivity index (χ4v) is 3.25. The van der Waals surface area contributed by atoms with E-state index in [4.69, 9.17) is 4.98 Å². The van der Waals surface area contributed by atoms with E-state index < -0.39 is 0 Å². The zero-order chi connectivity index (χ0) is 18.8. The molecule has 0 radical (unpaired) electrons. The Balaban J connectivity index is 1.72. The molecule has 0 unspecified atom stereocenters. The average molecular weight is 354 g/mol. The Hall–Kier alpha value is -2.70. The third-order valence-electron chi connectivity index (χ3n) is 4.41. The molecule has 3 aromatic heterocycles. The van der Waals surface area contributed by atoms with E-state index in [2.05, 4.69) is 33.8 Å². The molecule has 3 rings (SSSR count). The molecule has 0 bridgehead atoms. The fourth-order valence-electron chi connectivity index (χ4n) is 3.25. The number of nitrogens with one attached hydrogen (secondary N) is 1. The van der Waals surface area contributed by atoms with Gasteiger partial charge in [0.15, 0.2) is 5.65 Å². The van der Waals surface area contributed by atoms with Crippen molar-refractivity contribution in [1.82, 2.24) is 29.6 Å². The van der Waals surface area contributed by atoms with Gasteiger partial charge in [0.25, 0.3) is 0 Å². The average Bonchev–Trinajstić information content (AvgIpc) is 3.12. The second kappa shape index (κ2) is 7.27. The van der Waals surface area contributed by atoms with Crippen molar-refractivity contribution in [3.05, 3.63) is 41.6 Å². The Morgan fingerprint density at radius 1 is 1.27 bits per heavy atom. The van der Waals surface area contributed by atoms with Crippen LogP contribution in [0.3, 0.4) is 0 Å². The van der Waals surface area contributed by atoms with E-state index in [9.17, 15) is 4.79 Å². The maximum atomic E-state index is 12.4. The minimum absolute atomic E-state index is 0.0135. The Morgan fingerprint density at radius 3 is 2.69 bits per heavy atom. The van der Waals surface area contributed by atoms with Gasteiger partial charge in [-0.15, -0.1) is 0 Å². The number of rotatable bonds is 6. The molecule has 26 heavy (non-hydrogen) atoms. The lowest BCUT2D eigenvalue weighted by atomic mass is 10.2. The third-order valence-corrected chi connectivity index (χ3v) is 4.41. The van der Waals surface area contributed by atoms with Gasteiger partial charge in [-0.25, -0.2) is 9.97 Å². The van der Waals surface area contributed by atoms with Gasteiger partial charge < -0.3 is 9.88 Å². The second-order valence-corrected chi connectivity index (χ2v) is 6.97. The quantitative estimate of drug-likeness (QED) is 0.738. The van der Waals surface area contributed by atoms with Crippen molar-refractivity contribution < 1.29 is 4.79 Å². The predicted molar refractivity (Wildman–Crippen MR) is 101 cm³/mol. The van der Waals surface area contributed by atoms with Crippen LogP contribution in [0.4, 0.5) is 0 Å². The standard InChI is InChI=1S/C19H26N6O/c1-12(2)25-18(22-16-7-6-9-20-19(16)25)15(5)21-17(26)8-10-24-14(4)11-13(3)23-24/h6-7,9,11-12,15H,8,10H2,1-5H3,(H,21,26)/t15-/m0/s1. The lowest BCUT2D eigenvalue weighted by molar-refractivity contribution is -0.122. The third kappa shape index (κ3) is 3.61. The van der Waals surface area contributed by atoms with Gasteiger partial charge in [0.2, 0.25) is 5.91 Å². The SMILES string of the molecule is Cc1cc(C)n(CCC(=O)N[C@@H](C)c2nc3cccnc3n2C(C)C)n1. The first-order chi connectivity index (χ1) is 12.4. The number of fused-ring (bicyclic) bond motifs is 1. The molecule has 0 saturated carbocycles. The zero-order valence-electron chi connectivity index (χ0n) is 16.0. The number of hydrogen-bond donors (Lipinski definition) is 1. The van der Waals surface area contributed by atoms with Gasteiger partial charge in [-0.05, 0) is 52.8 Å². The van der Waals surface area contributed by atoms with Crippen molar-refractivity contribution in [2.75, 3.05) is 0 Å². The van der Waals surface area contributed by atoms with E-state index in [-0.39, 0.29) is 18.0 Å². The van der Waals surface area contributed by atoms with Gasteiger partial charge in [0.1, 0.15) is 11.3 Å². The topological polar surface area (TPSA) is 77.6 Å². The van der Waals surface area contributed by atoms with Crippen molar-refractivity contribution in [1.29, 1.82) is 0 Å². The number of hydrogen-bond acceptors (Lipinski definition) is 4. The first kappa shape index (κ1) is 18.1. The van der Waals surface area contributed by atoms with Gasteiger partial charge in [-0.1, -0.05) is 0 Å². The molecule has 138 valence electrons. The Kier molecular flexibility index (Phi) is 5.06. The molecule has 0 saturated heterocycles. The maximum absolute atomic E-state index is 12.4. The van der Waals surface area contributed by atoms with E-state index >= 15 is 0 Å². The first-order valence-electron chi connectivity index (χ1n) is 9.00. The lowest BCUT2D eigenvalue weighted by Gasteiger charge is -2.18. The van der Waals surface area contributed by atoms with E-state index in [0.29, 0.717) is 13.0 Å². The van der Waals surface area contributed by atoms with Crippen molar-refractivity contribution >= 4 is 17.1 Å². The smallest absolute Gasteiger partial charge is 0.222 e. The molecule has 1 amide bonds. The van der Waals surface area contributed by atoms with E-state index in [0.717, 1.165) is 28.4 Å². The fraction of sp³-hybridized carbons (Fsp3) is 0.474. The van der Waals surface area contributed by atoms with Crippen LogP contribution in [-0.2, 0) is 11.3 Å². The molecule has 0 aromatic carbocycles. The van der Waals surface area contributed by atoms with Gasteiger partial charge in [-0.3, -0.25) is 9.48 Å². The minimum Gasteiger partial charge on any atom is -0.346 e. The number of aromatic nitrogens is 5. The molecule has 3 heterocycles. The van der Waals surface area contributed by atoms with E-state index in [1.54, 1.807) is 6.20 Å². The van der Waals surface area contributed by atoms with Crippen LogP contribution in [0.1, 0.15) is 56.5 Å². The largest absolute Gasteiger partial charge is 0.346 e. The number of nitrogens with zero attached hydrogens (tertiary/aromatic N) is 5. The highest BCUT2D eigenvalue weighted by Gasteiger charge is 2.20. The van der Waals surface area contributed by atoms with Crippen LogP contribution in [0, 0.1) is 13.8 Å². The summed E-state index contributed by atoms with van der Waals surface area (Å²) in [4.78, 5) is 21.5. The molecule has 0 aliphatic heterocycles. The summed E-state index contributed by atoms with van der Waals surface area (Å²) in [5.74, 6) is 0.813.